The van der Waals surface area contributed by atoms with Crippen LogP contribution < -0.4 is 4.90 Å². The maximum absolute atomic E-state index is 10.8. The second-order valence-corrected chi connectivity index (χ2v) is 4.96. The van der Waals surface area contributed by atoms with Gasteiger partial charge in [0, 0.05) is 36.9 Å². The summed E-state index contributed by atoms with van der Waals surface area (Å²) in [5, 5.41) is 0. The van der Waals surface area contributed by atoms with Gasteiger partial charge in [0.25, 0.3) is 0 Å². The Morgan fingerprint density at radius 1 is 1.35 bits per heavy atom. The second kappa shape index (κ2) is 4.88. The van der Waals surface area contributed by atoms with Crippen molar-refractivity contribution in [2.24, 2.45) is 0 Å². The summed E-state index contributed by atoms with van der Waals surface area (Å²) < 4.78 is 0. The number of piperazine rings is 1. The van der Waals surface area contributed by atoms with Crippen molar-refractivity contribution in [3.05, 3.63) is 29.3 Å². The molecule has 0 aliphatic carbocycles. The van der Waals surface area contributed by atoms with Crippen molar-refractivity contribution in [1.29, 1.82) is 0 Å². The topological polar surface area (TPSA) is 23.6 Å². The predicted molar refractivity (Wildman–Crippen MR) is 70.9 cm³/mol. The fraction of sp³-hybridized carbons (Fsp3) is 0.500. The quantitative estimate of drug-likeness (QED) is 0.728. The highest BCUT2D eigenvalue weighted by Gasteiger charge is 2.21. The molecule has 0 N–H and O–H groups in total. The van der Waals surface area contributed by atoms with E-state index >= 15 is 0 Å². The molecule has 92 valence electrons. The number of hydrogen-bond acceptors (Lipinski definition) is 3. The van der Waals surface area contributed by atoms with Crippen LogP contribution in [0.2, 0.25) is 0 Å². The van der Waals surface area contributed by atoms with Crippen molar-refractivity contribution in [1.82, 2.24) is 4.90 Å². The van der Waals surface area contributed by atoms with Gasteiger partial charge in [-0.1, -0.05) is 0 Å². The Morgan fingerprint density at radius 2 is 2.12 bits per heavy atom. The van der Waals surface area contributed by atoms with E-state index < -0.39 is 0 Å². The highest BCUT2D eigenvalue weighted by Crippen LogP contribution is 2.22. The molecule has 17 heavy (non-hydrogen) atoms. The molecular formula is C14H20N2O. The van der Waals surface area contributed by atoms with Crippen molar-refractivity contribution in [2.75, 3.05) is 31.6 Å². The van der Waals surface area contributed by atoms with Crippen LogP contribution in [-0.2, 0) is 0 Å². The van der Waals surface area contributed by atoms with Gasteiger partial charge >= 0.3 is 0 Å². The minimum atomic E-state index is 0.523. The van der Waals surface area contributed by atoms with Crippen LogP contribution in [0.15, 0.2) is 18.2 Å². The van der Waals surface area contributed by atoms with E-state index in [1.54, 1.807) is 0 Å². The van der Waals surface area contributed by atoms with E-state index in [2.05, 4.69) is 35.9 Å². The lowest BCUT2D eigenvalue weighted by Gasteiger charge is -2.40. The number of nitrogens with zero attached hydrogens (tertiary/aromatic N) is 2. The fourth-order valence-electron chi connectivity index (χ4n) is 2.49. The van der Waals surface area contributed by atoms with Gasteiger partial charge in [-0.25, -0.2) is 0 Å². The fourth-order valence-corrected chi connectivity index (χ4v) is 2.49. The van der Waals surface area contributed by atoms with Crippen molar-refractivity contribution >= 4 is 12.0 Å². The molecule has 1 aliphatic heterocycles. The van der Waals surface area contributed by atoms with Crippen LogP contribution in [0.25, 0.3) is 0 Å². The highest BCUT2D eigenvalue weighted by atomic mass is 16.1. The van der Waals surface area contributed by atoms with E-state index in [-0.39, 0.29) is 0 Å². The van der Waals surface area contributed by atoms with Crippen LogP contribution in [0.1, 0.15) is 22.8 Å². The van der Waals surface area contributed by atoms with E-state index in [1.807, 2.05) is 13.0 Å². The first-order chi connectivity index (χ1) is 8.11. The Hall–Kier alpha value is -1.35. The molecule has 1 aromatic carbocycles. The zero-order chi connectivity index (χ0) is 12.4. The third-order valence-corrected chi connectivity index (χ3v) is 3.54. The maximum Gasteiger partial charge on any atom is 0.150 e. The highest BCUT2D eigenvalue weighted by molar-refractivity contribution is 5.78. The molecule has 0 aromatic heterocycles. The maximum atomic E-state index is 10.8. The van der Waals surface area contributed by atoms with Gasteiger partial charge in [-0.3, -0.25) is 4.79 Å². The van der Waals surface area contributed by atoms with Gasteiger partial charge in [-0.05, 0) is 44.7 Å². The molecule has 1 fully saturated rings. The average molecular weight is 232 g/mol. The Kier molecular flexibility index (Phi) is 3.48. The molecule has 3 nitrogen and oxygen atoms in total. The lowest BCUT2D eigenvalue weighted by molar-refractivity contribution is 0.112. The molecule has 1 aliphatic rings. The zero-order valence-electron chi connectivity index (χ0n) is 10.8. The molecule has 0 saturated carbocycles. The molecule has 0 spiro atoms. The second-order valence-electron chi connectivity index (χ2n) is 4.96. The van der Waals surface area contributed by atoms with E-state index in [1.165, 1.54) is 5.69 Å². The van der Waals surface area contributed by atoms with Gasteiger partial charge in [-0.15, -0.1) is 0 Å². The van der Waals surface area contributed by atoms with Crippen molar-refractivity contribution in [2.45, 2.75) is 19.9 Å². The Morgan fingerprint density at radius 3 is 2.71 bits per heavy atom. The van der Waals surface area contributed by atoms with E-state index in [0.29, 0.717) is 6.04 Å². The molecule has 2 rings (SSSR count). The van der Waals surface area contributed by atoms with E-state index in [9.17, 15) is 4.79 Å². The first-order valence-corrected chi connectivity index (χ1v) is 6.13. The summed E-state index contributed by atoms with van der Waals surface area (Å²) >= 11 is 0. The third kappa shape index (κ3) is 2.50. The van der Waals surface area contributed by atoms with Crippen LogP contribution in [0, 0.1) is 6.92 Å². The molecule has 1 atom stereocenters. The van der Waals surface area contributed by atoms with Gasteiger partial charge in [0.2, 0.25) is 0 Å². The molecule has 0 radical (unpaired) electrons. The summed E-state index contributed by atoms with van der Waals surface area (Å²) in [5.41, 5.74) is 3.08. The molecule has 3 heteroatoms. The summed E-state index contributed by atoms with van der Waals surface area (Å²) in [7, 11) is 2.16. The largest absolute Gasteiger partial charge is 0.366 e. The third-order valence-electron chi connectivity index (χ3n) is 3.54. The van der Waals surface area contributed by atoms with E-state index in [4.69, 9.17) is 0 Å². The Balaban J connectivity index is 2.22. The summed E-state index contributed by atoms with van der Waals surface area (Å²) in [4.78, 5) is 15.6. The number of aldehydes is 1. The van der Waals surface area contributed by atoms with Crippen molar-refractivity contribution < 1.29 is 4.79 Å². The summed E-state index contributed by atoms with van der Waals surface area (Å²) in [6.45, 7) is 7.48. The smallest absolute Gasteiger partial charge is 0.150 e. The number of benzene rings is 1. The van der Waals surface area contributed by atoms with Crippen LogP contribution in [0.4, 0.5) is 5.69 Å². The van der Waals surface area contributed by atoms with Crippen LogP contribution in [-0.4, -0.2) is 43.9 Å². The minimum Gasteiger partial charge on any atom is -0.366 e. The zero-order valence-corrected chi connectivity index (χ0v) is 10.8. The number of rotatable bonds is 2. The molecule has 0 amide bonds. The number of carbonyl (C=O) groups is 1. The van der Waals surface area contributed by atoms with Crippen LogP contribution >= 0.6 is 0 Å². The first kappa shape index (κ1) is 12.1. The number of aryl methyl sites for hydroxylation is 1. The summed E-state index contributed by atoms with van der Waals surface area (Å²) in [5.74, 6) is 0. The normalized spacial score (nSPS) is 21.6. The number of anilines is 1. The number of carbonyl (C=O) groups excluding carboxylic acids is 1. The predicted octanol–water partition coefficient (Wildman–Crippen LogP) is 1.95. The van der Waals surface area contributed by atoms with Crippen molar-refractivity contribution in [3.63, 3.8) is 0 Å². The molecule has 1 heterocycles. The molecule has 1 aromatic rings. The van der Waals surface area contributed by atoms with Gasteiger partial charge in [0.1, 0.15) is 6.29 Å². The molecule has 1 unspecified atom stereocenters. The standard InChI is InChI=1S/C14H20N2O/c1-11-8-14(5-4-13(11)10-17)16-7-6-15(3)9-12(16)2/h4-5,8,10,12H,6-7,9H2,1-3H3. The van der Waals surface area contributed by atoms with Crippen LogP contribution in [0.5, 0.6) is 0 Å². The number of likely N-dealkylation sites (N-methyl/N-ethyl adjacent to an activating group) is 1. The van der Waals surface area contributed by atoms with E-state index in [0.717, 1.165) is 37.0 Å². The minimum absolute atomic E-state index is 0.523. The lowest BCUT2D eigenvalue weighted by atomic mass is 10.1. The average Bonchev–Trinajstić information content (AvgIpc) is 2.29. The summed E-state index contributed by atoms with van der Waals surface area (Å²) in [6, 6.07) is 6.61. The van der Waals surface area contributed by atoms with Gasteiger partial charge in [0.05, 0.1) is 0 Å². The monoisotopic (exact) mass is 232 g/mol. The first-order valence-electron chi connectivity index (χ1n) is 6.13. The Bertz CT molecular complexity index is 417. The lowest BCUT2D eigenvalue weighted by Crippen LogP contribution is -2.50. The van der Waals surface area contributed by atoms with Gasteiger partial charge in [0.15, 0.2) is 0 Å². The summed E-state index contributed by atoms with van der Waals surface area (Å²) in [6.07, 6.45) is 0.923. The van der Waals surface area contributed by atoms with Gasteiger partial charge < -0.3 is 9.80 Å². The number of hydrogen-bond donors (Lipinski definition) is 0. The Labute approximate surface area is 103 Å². The van der Waals surface area contributed by atoms with Gasteiger partial charge in [-0.2, -0.15) is 0 Å². The van der Waals surface area contributed by atoms with Crippen molar-refractivity contribution in [3.8, 4) is 0 Å². The SMILES string of the molecule is Cc1cc(N2CCN(C)CC2C)ccc1C=O. The molecular weight excluding hydrogens is 212 g/mol. The molecule has 0 bridgehead atoms. The van der Waals surface area contributed by atoms with Crippen LogP contribution in [0.3, 0.4) is 0 Å². The molecule has 1 saturated heterocycles.